The summed E-state index contributed by atoms with van der Waals surface area (Å²) in [6.45, 7) is 0. The SMILES string of the molecule is Nc1ccc(CS(=O)c2ccc3c(c2)CCC3)c(F)c1. The molecule has 104 valence electrons. The Bertz CT molecular complexity index is 684. The average molecular weight is 289 g/mol. The van der Waals surface area contributed by atoms with E-state index in [1.807, 2.05) is 12.1 Å². The van der Waals surface area contributed by atoms with Crippen LogP contribution >= 0.6 is 0 Å². The van der Waals surface area contributed by atoms with Crippen molar-refractivity contribution in [2.24, 2.45) is 0 Å². The van der Waals surface area contributed by atoms with Crippen molar-refractivity contribution in [1.82, 2.24) is 0 Å². The zero-order chi connectivity index (χ0) is 14.1. The zero-order valence-electron chi connectivity index (χ0n) is 11.1. The van der Waals surface area contributed by atoms with Gasteiger partial charge in [0.1, 0.15) is 5.82 Å². The van der Waals surface area contributed by atoms with Crippen LogP contribution in [0, 0.1) is 5.82 Å². The van der Waals surface area contributed by atoms with Crippen LogP contribution in [0.1, 0.15) is 23.1 Å². The van der Waals surface area contributed by atoms with Gasteiger partial charge in [-0.1, -0.05) is 12.1 Å². The van der Waals surface area contributed by atoms with Crippen LogP contribution in [0.25, 0.3) is 0 Å². The molecular weight excluding hydrogens is 273 g/mol. The van der Waals surface area contributed by atoms with E-state index < -0.39 is 10.8 Å². The molecule has 2 nitrogen and oxygen atoms in total. The first-order valence-electron chi connectivity index (χ1n) is 6.67. The van der Waals surface area contributed by atoms with Gasteiger partial charge in [-0.2, -0.15) is 0 Å². The van der Waals surface area contributed by atoms with Gasteiger partial charge < -0.3 is 5.73 Å². The first-order valence-corrected chi connectivity index (χ1v) is 7.99. The summed E-state index contributed by atoms with van der Waals surface area (Å²) in [6.07, 6.45) is 3.32. The summed E-state index contributed by atoms with van der Waals surface area (Å²) in [5.41, 5.74) is 8.98. The quantitative estimate of drug-likeness (QED) is 0.882. The van der Waals surface area contributed by atoms with E-state index in [1.54, 1.807) is 12.1 Å². The number of rotatable bonds is 3. The Balaban J connectivity index is 1.82. The third-order valence-corrected chi connectivity index (χ3v) is 5.05. The van der Waals surface area contributed by atoms with Crippen molar-refractivity contribution in [3.05, 3.63) is 58.9 Å². The van der Waals surface area contributed by atoms with Gasteiger partial charge in [-0.15, -0.1) is 0 Å². The lowest BCUT2D eigenvalue weighted by molar-refractivity contribution is 0.616. The fourth-order valence-electron chi connectivity index (χ4n) is 2.60. The van der Waals surface area contributed by atoms with Crippen molar-refractivity contribution in [3.8, 4) is 0 Å². The number of benzene rings is 2. The molecule has 2 N–H and O–H groups in total. The van der Waals surface area contributed by atoms with Crippen LogP contribution in [-0.4, -0.2) is 4.21 Å². The molecule has 0 aromatic heterocycles. The maximum Gasteiger partial charge on any atom is 0.129 e. The molecule has 0 saturated heterocycles. The molecule has 0 fully saturated rings. The van der Waals surface area contributed by atoms with Crippen LogP contribution < -0.4 is 5.73 Å². The molecule has 0 bridgehead atoms. The van der Waals surface area contributed by atoms with Gasteiger partial charge in [0, 0.05) is 16.1 Å². The number of anilines is 1. The van der Waals surface area contributed by atoms with Crippen molar-refractivity contribution in [3.63, 3.8) is 0 Å². The van der Waals surface area contributed by atoms with Gasteiger partial charge in [0.15, 0.2) is 0 Å². The molecule has 0 spiro atoms. The number of fused-ring (bicyclic) bond motifs is 1. The third kappa shape index (κ3) is 2.61. The second kappa shape index (κ2) is 5.37. The highest BCUT2D eigenvalue weighted by molar-refractivity contribution is 7.84. The Morgan fingerprint density at radius 3 is 2.70 bits per heavy atom. The van der Waals surface area contributed by atoms with Gasteiger partial charge in [-0.05, 0) is 54.7 Å². The number of nitrogens with two attached hydrogens (primary N) is 1. The Morgan fingerprint density at radius 2 is 1.90 bits per heavy atom. The normalized spacial score (nSPS) is 15.1. The molecule has 4 heteroatoms. The predicted octanol–water partition coefficient (Wildman–Crippen LogP) is 3.20. The van der Waals surface area contributed by atoms with Gasteiger partial charge in [-0.25, -0.2) is 4.39 Å². The van der Waals surface area contributed by atoms with Crippen molar-refractivity contribution in [2.45, 2.75) is 29.9 Å². The van der Waals surface area contributed by atoms with Crippen LogP contribution in [0.5, 0.6) is 0 Å². The third-order valence-electron chi connectivity index (χ3n) is 3.70. The van der Waals surface area contributed by atoms with Crippen LogP contribution in [0.15, 0.2) is 41.3 Å². The highest BCUT2D eigenvalue weighted by Crippen LogP contribution is 2.25. The first-order chi connectivity index (χ1) is 9.63. The fraction of sp³-hybridized carbons (Fsp3) is 0.250. The van der Waals surface area contributed by atoms with Crippen LogP contribution in [-0.2, 0) is 29.4 Å². The van der Waals surface area contributed by atoms with Crippen molar-refractivity contribution in [2.75, 3.05) is 5.73 Å². The summed E-state index contributed by atoms with van der Waals surface area (Å²) in [5.74, 6) is -0.204. The Morgan fingerprint density at radius 1 is 1.10 bits per heavy atom. The van der Waals surface area contributed by atoms with E-state index >= 15 is 0 Å². The van der Waals surface area contributed by atoms with Crippen LogP contribution in [0.3, 0.4) is 0 Å². The monoisotopic (exact) mass is 289 g/mol. The van der Waals surface area contributed by atoms with Crippen molar-refractivity contribution in [1.29, 1.82) is 0 Å². The zero-order valence-corrected chi connectivity index (χ0v) is 11.9. The molecular formula is C16H16FNOS. The maximum absolute atomic E-state index is 13.7. The summed E-state index contributed by atoms with van der Waals surface area (Å²) < 4.78 is 26.1. The summed E-state index contributed by atoms with van der Waals surface area (Å²) in [4.78, 5) is 0.780. The highest BCUT2D eigenvalue weighted by Gasteiger charge is 2.14. The van der Waals surface area contributed by atoms with E-state index in [1.165, 1.54) is 17.2 Å². The van der Waals surface area contributed by atoms with Crippen molar-refractivity contribution < 1.29 is 8.60 Å². The molecule has 0 heterocycles. The van der Waals surface area contributed by atoms with Crippen LogP contribution in [0.2, 0.25) is 0 Å². The lowest BCUT2D eigenvalue weighted by Gasteiger charge is -2.07. The Labute approximate surface area is 120 Å². The number of aryl methyl sites for hydroxylation is 2. The Hall–Kier alpha value is -1.68. The van der Waals surface area contributed by atoms with Gasteiger partial charge >= 0.3 is 0 Å². The molecule has 1 unspecified atom stereocenters. The van der Waals surface area contributed by atoms with Crippen molar-refractivity contribution >= 4 is 16.5 Å². The van der Waals surface area contributed by atoms with E-state index in [9.17, 15) is 8.60 Å². The maximum atomic E-state index is 13.7. The minimum absolute atomic E-state index is 0.185. The molecule has 1 aliphatic rings. The molecule has 0 aliphatic heterocycles. The highest BCUT2D eigenvalue weighted by atomic mass is 32.2. The van der Waals surface area contributed by atoms with Gasteiger partial charge in [-0.3, -0.25) is 4.21 Å². The van der Waals surface area contributed by atoms with E-state index in [0.29, 0.717) is 11.3 Å². The Kier molecular flexibility index (Phi) is 3.57. The predicted molar refractivity (Wildman–Crippen MR) is 79.4 cm³/mol. The summed E-state index contributed by atoms with van der Waals surface area (Å²) in [5, 5.41) is 0. The molecule has 1 aliphatic carbocycles. The van der Waals surface area contributed by atoms with E-state index in [4.69, 9.17) is 5.73 Å². The van der Waals surface area contributed by atoms with Crippen LogP contribution in [0.4, 0.5) is 10.1 Å². The minimum atomic E-state index is -1.22. The fourth-order valence-corrected chi connectivity index (χ4v) is 3.77. The van der Waals surface area contributed by atoms with E-state index in [2.05, 4.69) is 6.07 Å². The molecule has 2 aromatic rings. The standard InChI is InChI=1S/C16H16FNOS/c17-16-9-14(18)6-4-13(16)10-20(19)15-7-5-11-2-1-3-12(11)8-15/h4-9H,1-3,10,18H2. The number of halogens is 1. The second-order valence-corrected chi connectivity index (χ2v) is 6.58. The lowest BCUT2D eigenvalue weighted by atomic mass is 10.1. The number of hydrogen-bond donors (Lipinski definition) is 1. The van der Waals surface area contributed by atoms with Gasteiger partial charge in [0.2, 0.25) is 0 Å². The summed E-state index contributed by atoms with van der Waals surface area (Å²) in [7, 11) is -1.22. The lowest BCUT2D eigenvalue weighted by Crippen LogP contribution is -2.01. The molecule has 0 amide bonds. The number of hydrogen-bond acceptors (Lipinski definition) is 2. The molecule has 1 atom stereocenters. The van der Waals surface area contributed by atoms with E-state index in [0.717, 1.165) is 24.2 Å². The molecule has 20 heavy (non-hydrogen) atoms. The van der Waals surface area contributed by atoms with E-state index in [-0.39, 0.29) is 11.6 Å². The van der Waals surface area contributed by atoms with Gasteiger partial charge in [0.05, 0.1) is 16.6 Å². The summed E-state index contributed by atoms with van der Waals surface area (Å²) >= 11 is 0. The first kappa shape index (κ1) is 13.3. The van der Waals surface area contributed by atoms with Gasteiger partial charge in [0.25, 0.3) is 0 Å². The molecule has 0 saturated carbocycles. The smallest absolute Gasteiger partial charge is 0.129 e. The topological polar surface area (TPSA) is 43.1 Å². The molecule has 2 aromatic carbocycles. The second-order valence-electron chi connectivity index (χ2n) is 5.12. The minimum Gasteiger partial charge on any atom is -0.399 e. The molecule has 0 radical (unpaired) electrons. The largest absolute Gasteiger partial charge is 0.399 e. The number of nitrogen functional groups attached to an aromatic ring is 1. The molecule has 3 rings (SSSR count). The summed E-state index contributed by atoms with van der Waals surface area (Å²) in [6, 6.07) is 10.5. The average Bonchev–Trinajstić information content (AvgIpc) is 2.89.